The fraction of sp³-hybridized carbons (Fsp3) is 0.333. The van der Waals surface area contributed by atoms with Crippen LogP contribution < -0.4 is 5.32 Å². The Balaban J connectivity index is 1.94. The average molecular weight is 232 g/mol. The van der Waals surface area contributed by atoms with E-state index in [0.717, 1.165) is 17.9 Å². The van der Waals surface area contributed by atoms with Crippen LogP contribution in [0.1, 0.15) is 30.9 Å². The van der Waals surface area contributed by atoms with Gasteiger partial charge in [-0.15, -0.1) is 0 Å². The normalized spacial score (nSPS) is 12.5. The van der Waals surface area contributed by atoms with Gasteiger partial charge in [0.25, 0.3) is 0 Å². The molecule has 0 aliphatic heterocycles. The van der Waals surface area contributed by atoms with Gasteiger partial charge in [0.1, 0.15) is 11.6 Å². The van der Waals surface area contributed by atoms with Crippen LogP contribution in [0.2, 0.25) is 0 Å². The molecule has 0 bridgehead atoms. The largest absolute Gasteiger partial charge is 0.506 e. The van der Waals surface area contributed by atoms with Crippen LogP contribution >= 0.6 is 0 Å². The second-order valence-corrected chi connectivity index (χ2v) is 3.82. The quantitative estimate of drug-likeness (QED) is 0.734. The molecule has 2 rings (SSSR count). The first-order valence-electron chi connectivity index (χ1n) is 5.66. The van der Waals surface area contributed by atoms with Crippen molar-refractivity contribution >= 4 is 0 Å². The standard InChI is InChI=1S/C12H16N4O/c1-2-11(12-13-5-6-14-12)16-7-9-3-4-10(17)8-15-9/h3-6,8,11,16-17H,2,7H2,1H3,(H,13,14). The van der Waals surface area contributed by atoms with Gasteiger partial charge in [-0.3, -0.25) is 4.98 Å². The second kappa shape index (κ2) is 5.45. The fourth-order valence-corrected chi connectivity index (χ4v) is 1.65. The van der Waals surface area contributed by atoms with E-state index in [0.29, 0.717) is 6.54 Å². The highest BCUT2D eigenvalue weighted by atomic mass is 16.3. The monoisotopic (exact) mass is 232 g/mol. The Morgan fingerprint density at radius 2 is 2.29 bits per heavy atom. The van der Waals surface area contributed by atoms with Crippen LogP contribution in [0.4, 0.5) is 0 Å². The molecule has 0 aliphatic carbocycles. The van der Waals surface area contributed by atoms with Crippen molar-refractivity contribution in [3.63, 3.8) is 0 Å². The SMILES string of the molecule is CCC(NCc1ccc(O)cn1)c1ncc[nH]1. The first kappa shape index (κ1) is 11.6. The molecule has 2 aromatic heterocycles. The molecule has 0 fully saturated rings. The van der Waals surface area contributed by atoms with E-state index in [2.05, 4.69) is 27.2 Å². The fourth-order valence-electron chi connectivity index (χ4n) is 1.65. The van der Waals surface area contributed by atoms with E-state index in [1.165, 1.54) is 6.20 Å². The molecule has 90 valence electrons. The number of nitrogens with one attached hydrogen (secondary N) is 2. The molecule has 2 aromatic rings. The lowest BCUT2D eigenvalue weighted by Gasteiger charge is -2.14. The molecular formula is C12H16N4O. The summed E-state index contributed by atoms with van der Waals surface area (Å²) in [5, 5.41) is 12.5. The summed E-state index contributed by atoms with van der Waals surface area (Å²) in [5.41, 5.74) is 0.896. The van der Waals surface area contributed by atoms with Crippen LogP contribution in [-0.4, -0.2) is 20.1 Å². The van der Waals surface area contributed by atoms with E-state index in [9.17, 15) is 0 Å². The lowest BCUT2D eigenvalue weighted by Crippen LogP contribution is -2.21. The summed E-state index contributed by atoms with van der Waals surface area (Å²) in [7, 11) is 0. The Morgan fingerprint density at radius 1 is 1.41 bits per heavy atom. The van der Waals surface area contributed by atoms with Crippen molar-refractivity contribution in [1.29, 1.82) is 0 Å². The minimum Gasteiger partial charge on any atom is -0.506 e. The first-order chi connectivity index (χ1) is 8.29. The second-order valence-electron chi connectivity index (χ2n) is 3.82. The molecule has 0 saturated carbocycles. The number of pyridine rings is 1. The van der Waals surface area contributed by atoms with Crippen LogP contribution in [0, 0.1) is 0 Å². The summed E-state index contributed by atoms with van der Waals surface area (Å²) < 4.78 is 0. The summed E-state index contributed by atoms with van der Waals surface area (Å²) in [6, 6.07) is 3.63. The molecule has 0 amide bonds. The molecule has 0 aliphatic rings. The van der Waals surface area contributed by atoms with Crippen LogP contribution in [0.25, 0.3) is 0 Å². The van der Waals surface area contributed by atoms with Crippen LogP contribution in [0.5, 0.6) is 5.75 Å². The van der Waals surface area contributed by atoms with E-state index in [-0.39, 0.29) is 11.8 Å². The molecule has 0 aromatic carbocycles. The van der Waals surface area contributed by atoms with Gasteiger partial charge in [0.05, 0.1) is 17.9 Å². The summed E-state index contributed by atoms with van der Waals surface area (Å²) >= 11 is 0. The Kier molecular flexibility index (Phi) is 3.72. The number of H-pyrrole nitrogens is 1. The minimum absolute atomic E-state index is 0.187. The molecule has 17 heavy (non-hydrogen) atoms. The molecule has 2 heterocycles. The van der Waals surface area contributed by atoms with Crippen molar-refractivity contribution in [1.82, 2.24) is 20.3 Å². The van der Waals surface area contributed by atoms with Gasteiger partial charge < -0.3 is 15.4 Å². The van der Waals surface area contributed by atoms with E-state index in [1.807, 2.05) is 6.20 Å². The lowest BCUT2D eigenvalue weighted by atomic mass is 10.2. The maximum Gasteiger partial charge on any atom is 0.133 e. The van der Waals surface area contributed by atoms with Gasteiger partial charge in [-0.25, -0.2) is 4.98 Å². The molecular weight excluding hydrogens is 216 g/mol. The predicted octanol–water partition coefficient (Wildman–Crippen LogP) is 1.75. The zero-order chi connectivity index (χ0) is 12.1. The maximum absolute atomic E-state index is 9.13. The van der Waals surface area contributed by atoms with Crippen molar-refractivity contribution in [3.05, 3.63) is 42.2 Å². The molecule has 1 unspecified atom stereocenters. The Bertz CT molecular complexity index is 438. The highest BCUT2D eigenvalue weighted by molar-refractivity contribution is 5.17. The number of imidazole rings is 1. The molecule has 5 heteroatoms. The molecule has 0 saturated heterocycles. The van der Waals surface area contributed by atoms with E-state index < -0.39 is 0 Å². The van der Waals surface area contributed by atoms with Gasteiger partial charge in [0.2, 0.25) is 0 Å². The molecule has 5 nitrogen and oxygen atoms in total. The smallest absolute Gasteiger partial charge is 0.133 e. The average Bonchev–Trinajstić information content (AvgIpc) is 2.86. The number of rotatable bonds is 5. The summed E-state index contributed by atoms with van der Waals surface area (Å²) in [6.07, 6.45) is 5.97. The third kappa shape index (κ3) is 3.04. The van der Waals surface area contributed by atoms with Gasteiger partial charge >= 0.3 is 0 Å². The number of aromatic nitrogens is 3. The summed E-state index contributed by atoms with van der Waals surface area (Å²) in [5.74, 6) is 1.12. The van der Waals surface area contributed by atoms with Gasteiger partial charge in [-0.1, -0.05) is 6.92 Å². The summed E-state index contributed by atoms with van der Waals surface area (Å²) in [6.45, 7) is 2.75. The molecule has 0 spiro atoms. The lowest BCUT2D eigenvalue weighted by molar-refractivity contribution is 0.469. The van der Waals surface area contributed by atoms with Crippen molar-refractivity contribution in [2.24, 2.45) is 0 Å². The third-order valence-corrected chi connectivity index (χ3v) is 2.60. The first-order valence-corrected chi connectivity index (χ1v) is 5.66. The molecule has 1 atom stereocenters. The number of hydrogen-bond donors (Lipinski definition) is 3. The van der Waals surface area contributed by atoms with E-state index in [1.54, 1.807) is 18.3 Å². The van der Waals surface area contributed by atoms with Gasteiger partial charge in [-0.2, -0.15) is 0 Å². The van der Waals surface area contributed by atoms with Crippen molar-refractivity contribution in [2.75, 3.05) is 0 Å². The highest BCUT2D eigenvalue weighted by Gasteiger charge is 2.10. The zero-order valence-electron chi connectivity index (χ0n) is 9.72. The van der Waals surface area contributed by atoms with Crippen LogP contribution in [0.3, 0.4) is 0 Å². The van der Waals surface area contributed by atoms with E-state index in [4.69, 9.17) is 5.11 Å². The molecule has 0 radical (unpaired) electrons. The van der Waals surface area contributed by atoms with E-state index >= 15 is 0 Å². The van der Waals surface area contributed by atoms with Gasteiger partial charge in [0.15, 0.2) is 0 Å². The van der Waals surface area contributed by atoms with Gasteiger partial charge in [0, 0.05) is 18.9 Å². The van der Waals surface area contributed by atoms with Crippen molar-refractivity contribution in [3.8, 4) is 5.75 Å². The number of hydrogen-bond acceptors (Lipinski definition) is 4. The maximum atomic E-state index is 9.13. The highest BCUT2D eigenvalue weighted by Crippen LogP contribution is 2.12. The number of nitrogens with zero attached hydrogens (tertiary/aromatic N) is 2. The minimum atomic E-state index is 0.187. The Labute approximate surface area is 99.9 Å². The van der Waals surface area contributed by atoms with Crippen LogP contribution in [0.15, 0.2) is 30.7 Å². The molecule has 3 N–H and O–H groups in total. The topological polar surface area (TPSA) is 73.8 Å². The van der Waals surface area contributed by atoms with Gasteiger partial charge in [-0.05, 0) is 18.6 Å². The van der Waals surface area contributed by atoms with Crippen molar-refractivity contribution < 1.29 is 5.11 Å². The predicted molar refractivity (Wildman–Crippen MR) is 64.4 cm³/mol. The Morgan fingerprint density at radius 3 is 2.88 bits per heavy atom. The summed E-state index contributed by atoms with van der Waals surface area (Å²) in [4.78, 5) is 11.5. The number of aromatic amines is 1. The van der Waals surface area contributed by atoms with Crippen LogP contribution in [-0.2, 0) is 6.54 Å². The number of aromatic hydroxyl groups is 1. The third-order valence-electron chi connectivity index (χ3n) is 2.60. The zero-order valence-corrected chi connectivity index (χ0v) is 9.72. The van der Waals surface area contributed by atoms with Crippen molar-refractivity contribution in [2.45, 2.75) is 25.9 Å². The Hall–Kier alpha value is -1.88.